The number of hydrogen-bond donors (Lipinski definition) is 1. The minimum atomic E-state index is -3.02. The zero-order chi connectivity index (χ0) is 20.9. The summed E-state index contributed by atoms with van der Waals surface area (Å²) >= 11 is 0. The number of nitrogen functional groups attached to an aromatic ring is 1. The molecule has 3 aromatic heterocycles. The van der Waals surface area contributed by atoms with Crippen LogP contribution in [0.4, 0.5) is 11.5 Å². The van der Waals surface area contributed by atoms with E-state index >= 15 is 0 Å². The Bertz CT molecular complexity index is 1440. The lowest BCUT2D eigenvalue weighted by Crippen LogP contribution is -2.23. The van der Waals surface area contributed by atoms with Gasteiger partial charge < -0.3 is 5.73 Å². The Labute approximate surface area is 173 Å². The SMILES string of the molecule is [C-]#[N+]c1c(C2CCS(=O)(=O)CC2)nc2c(-c3cnc4ccccc4c3)cnn2c1N. The van der Waals surface area contributed by atoms with Gasteiger partial charge in [0.25, 0.3) is 0 Å². The highest BCUT2D eigenvalue weighted by Gasteiger charge is 2.29. The number of nitrogens with zero attached hydrogens (tertiary/aromatic N) is 5. The van der Waals surface area contributed by atoms with Gasteiger partial charge in [-0.3, -0.25) is 4.98 Å². The van der Waals surface area contributed by atoms with Gasteiger partial charge in [0.15, 0.2) is 5.65 Å². The fraction of sp³-hybridized carbons (Fsp3) is 0.238. The molecule has 1 aliphatic rings. The van der Waals surface area contributed by atoms with Gasteiger partial charge in [0.05, 0.1) is 35.5 Å². The summed E-state index contributed by atoms with van der Waals surface area (Å²) in [5.41, 5.74) is 10.1. The summed E-state index contributed by atoms with van der Waals surface area (Å²) in [5, 5.41) is 5.35. The zero-order valence-electron chi connectivity index (χ0n) is 16.0. The molecule has 9 heteroatoms. The fourth-order valence-electron chi connectivity index (χ4n) is 4.01. The van der Waals surface area contributed by atoms with E-state index in [0.29, 0.717) is 24.2 Å². The van der Waals surface area contributed by atoms with E-state index in [2.05, 4.69) is 14.9 Å². The van der Waals surface area contributed by atoms with Crippen LogP contribution in [0.1, 0.15) is 24.5 Å². The summed E-state index contributed by atoms with van der Waals surface area (Å²) in [6.07, 6.45) is 4.32. The Morgan fingerprint density at radius 2 is 1.93 bits per heavy atom. The Balaban J connectivity index is 1.68. The number of nitrogens with two attached hydrogens (primary N) is 1. The number of para-hydroxylation sites is 1. The average Bonchev–Trinajstić information content (AvgIpc) is 3.18. The number of anilines is 1. The van der Waals surface area contributed by atoms with Crippen LogP contribution in [0.2, 0.25) is 0 Å². The van der Waals surface area contributed by atoms with Crippen LogP contribution in [-0.2, 0) is 9.84 Å². The molecule has 5 rings (SSSR count). The first-order valence-electron chi connectivity index (χ1n) is 9.57. The molecule has 1 aromatic carbocycles. The summed E-state index contributed by atoms with van der Waals surface area (Å²) in [4.78, 5) is 12.9. The number of benzene rings is 1. The third-order valence-corrected chi connectivity index (χ3v) is 7.35. The molecule has 150 valence electrons. The number of fused-ring (bicyclic) bond motifs is 2. The van der Waals surface area contributed by atoms with Gasteiger partial charge in [-0.25, -0.2) is 22.8 Å². The molecule has 0 aliphatic carbocycles. The second-order valence-electron chi connectivity index (χ2n) is 7.48. The molecule has 1 saturated heterocycles. The molecule has 0 unspecified atom stereocenters. The highest BCUT2D eigenvalue weighted by atomic mass is 32.2. The number of hydrogen-bond acceptors (Lipinski definition) is 6. The molecule has 4 aromatic rings. The molecule has 0 bridgehead atoms. The Morgan fingerprint density at radius 3 is 2.70 bits per heavy atom. The average molecular weight is 418 g/mol. The van der Waals surface area contributed by atoms with Gasteiger partial charge in [0.1, 0.15) is 15.7 Å². The van der Waals surface area contributed by atoms with E-state index in [1.807, 2.05) is 30.3 Å². The Kier molecular flexibility index (Phi) is 4.18. The van der Waals surface area contributed by atoms with E-state index in [0.717, 1.165) is 22.0 Å². The van der Waals surface area contributed by atoms with Crippen LogP contribution in [0.15, 0.2) is 42.7 Å². The normalized spacial score (nSPS) is 16.6. The van der Waals surface area contributed by atoms with Gasteiger partial charge in [-0.1, -0.05) is 18.2 Å². The second-order valence-corrected chi connectivity index (χ2v) is 9.78. The van der Waals surface area contributed by atoms with E-state index in [1.165, 1.54) is 4.52 Å². The van der Waals surface area contributed by atoms with Crippen molar-refractivity contribution in [2.24, 2.45) is 0 Å². The van der Waals surface area contributed by atoms with Crippen LogP contribution in [0.25, 0.3) is 32.5 Å². The van der Waals surface area contributed by atoms with Crippen molar-refractivity contribution in [1.29, 1.82) is 0 Å². The van der Waals surface area contributed by atoms with Crippen LogP contribution in [0, 0.1) is 6.57 Å². The first-order chi connectivity index (χ1) is 14.5. The van der Waals surface area contributed by atoms with Crippen molar-refractivity contribution in [3.63, 3.8) is 0 Å². The molecule has 1 fully saturated rings. The van der Waals surface area contributed by atoms with E-state index in [4.69, 9.17) is 17.3 Å². The van der Waals surface area contributed by atoms with Crippen molar-refractivity contribution in [2.75, 3.05) is 17.2 Å². The minimum absolute atomic E-state index is 0.0998. The Morgan fingerprint density at radius 1 is 1.17 bits per heavy atom. The third-order valence-electron chi connectivity index (χ3n) is 5.64. The maximum absolute atomic E-state index is 11.8. The standard InChI is InChI=1S/C21H18N6O2S/c1-23-19-18(13-6-8-30(28,29)9-7-13)26-21-16(12-25-27(21)20(19)22)15-10-14-4-2-3-5-17(14)24-11-15/h2-5,10-13H,6-9,22H2. The van der Waals surface area contributed by atoms with E-state index in [9.17, 15) is 8.42 Å². The summed E-state index contributed by atoms with van der Waals surface area (Å²) in [5.74, 6) is 0.298. The van der Waals surface area contributed by atoms with Gasteiger partial charge in [0, 0.05) is 22.7 Å². The van der Waals surface area contributed by atoms with E-state index < -0.39 is 9.84 Å². The molecular formula is C21H18N6O2S. The predicted octanol–water partition coefficient (Wildman–Crippen LogP) is 3.37. The van der Waals surface area contributed by atoms with Crippen LogP contribution in [-0.4, -0.2) is 39.5 Å². The molecule has 0 radical (unpaired) electrons. The van der Waals surface area contributed by atoms with Crippen molar-refractivity contribution >= 4 is 37.9 Å². The lowest BCUT2D eigenvalue weighted by atomic mass is 9.97. The number of rotatable bonds is 2. The van der Waals surface area contributed by atoms with Gasteiger partial charge in [-0.05, 0) is 30.9 Å². The van der Waals surface area contributed by atoms with Crippen LogP contribution in [0.5, 0.6) is 0 Å². The molecule has 8 nitrogen and oxygen atoms in total. The number of aromatic nitrogens is 4. The van der Waals surface area contributed by atoms with Crippen molar-refractivity contribution in [2.45, 2.75) is 18.8 Å². The monoisotopic (exact) mass is 418 g/mol. The lowest BCUT2D eigenvalue weighted by molar-refractivity contribution is 0.545. The number of pyridine rings is 1. The molecule has 0 amide bonds. The van der Waals surface area contributed by atoms with Crippen molar-refractivity contribution in [3.8, 4) is 11.1 Å². The molecule has 1 aliphatic heterocycles. The fourth-order valence-corrected chi connectivity index (χ4v) is 5.50. The van der Waals surface area contributed by atoms with Gasteiger partial charge in [-0.15, -0.1) is 0 Å². The molecular weight excluding hydrogens is 400 g/mol. The Hall–Kier alpha value is -3.51. The molecule has 0 spiro atoms. The van der Waals surface area contributed by atoms with Crippen molar-refractivity contribution in [3.05, 3.63) is 59.8 Å². The van der Waals surface area contributed by atoms with Crippen LogP contribution >= 0.6 is 0 Å². The second kappa shape index (κ2) is 6.78. The summed E-state index contributed by atoms with van der Waals surface area (Å²) in [7, 11) is -3.02. The van der Waals surface area contributed by atoms with Gasteiger partial charge >= 0.3 is 0 Å². The molecule has 2 N–H and O–H groups in total. The van der Waals surface area contributed by atoms with Crippen molar-refractivity contribution in [1.82, 2.24) is 19.6 Å². The van der Waals surface area contributed by atoms with Crippen LogP contribution < -0.4 is 5.73 Å². The first kappa shape index (κ1) is 18.5. The quantitative estimate of drug-likeness (QED) is 0.500. The van der Waals surface area contributed by atoms with Gasteiger partial charge in [0.2, 0.25) is 5.69 Å². The molecule has 0 atom stereocenters. The van der Waals surface area contributed by atoms with E-state index in [1.54, 1.807) is 12.4 Å². The minimum Gasteiger partial charge on any atom is -0.392 e. The van der Waals surface area contributed by atoms with Gasteiger partial charge in [-0.2, -0.15) is 5.10 Å². The lowest BCUT2D eigenvalue weighted by Gasteiger charge is -2.23. The zero-order valence-corrected chi connectivity index (χ0v) is 16.8. The van der Waals surface area contributed by atoms with Crippen molar-refractivity contribution < 1.29 is 8.42 Å². The third kappa shape index (κ3) is 2.97. The highest BCUT2D eigenvalue weighted by molar-refractivity contribution is 7.91. The molecule has 30 heavy (non-hydrogen) atoms. The van der Waals surface area contributed by atoms with Crippen LogP contribution in [0.3, 0.4) is 0 Å². The molecule has 0 saturated carbocycles. The first-order valence-corrected chi connectivity index (χ1v) is 11.4. The maximum atomic E-state index is 11.8. The smallest absolute Gasteiger partial charge is 0.249 e. The topological polar surface area (TPSA) is 108 Å². The highest BCUT2D eigenvalue weighted by Crippen LogP contribution is 2.39. The largest absolute Gasteiger partial charge is 0.392 e. The summed E-state index contributed by atoms with van der Waals surface area (Å²) < 4.78 is 25.2. The summed E-state index contributed by atoms with van der Waals surface area (Å²) in [6, 6.07) is 9.85. The number of sulfone groups is 1. The van der Waals surface area contributed by atoms with E-state index in [-0.39, 0.29) is 28.9 Å². The predicted molar refractivity (Wildman–Crippen MR) is 115 cm³/mol. The molecule has 4 heterocycles. The summed E-state index contributed by atoms with van der Waals surface area (Å²) in [6.45, 7) is 7.59. The maximum Gasteiger partial charge on any atom is 0.249 e.